The summed E-state index contributed by atoms with van der Waals surface area (Å²) in [6, 6.07) is 15.2. The second kappa shape index (κ2) is 7.39. The van der Waals surface area contributed by atoms with Crippen molar-refractivity contribution in [1.82, 2.24) is 0 Å². The molecule has 4 atom stereocenters. The van der Waals surface area contributed by atoms with Crippen LogP contribution in [0.3, 0.4) is 0 Å². The summed E-state index contributed by atoms with van der Waals surface area (Å²) in [4.78, 5) is 0. The topological polar surface area (TPSA) is 33.0 Å². The molecule has 140 valence electrons. The minimum Gasteiger partial charge on any atom is -0.485 e. The minimum atomic E-state index is 0.133. The van der Waals surface area contributed by atoms with Gasteiger partial charge in [0.1, 0.15) is 11.9 Å². The van der Waals surface area contributed by atoms with Crippen LogP contribution in [0.5, 0.6) is 5.75 Å². The van der Waals surface area contributed by atoms with E-state index in [1.165, 1.54) is 36.8 Å². The third-order valence-electron chi connectivity index (χ3n) is 6.85. The average Bonchev–Trinajstić information content (AvgIpc) is 3.26. The van der Waals surface area contributed by atoms with E-state index in [2.05, 4.69) is 37.3 Å². The van der Waals surface area contributed by atoms with Gasteiger partial charge in [-0.2, -0.15) is 5.26 Å². The Bertz CT molecular complexity index is 855. The number of rotatable bonds is 4. The standard InChI is InChI=1S/C25H29NO/c1-4-18-9-10-20(13-18)23-14-19-7-5-6-8-22(19)25(23)27-21-11-16(2)24(15-26)17(3)12-21/h5-8,11-12,18,20,23,25H,4,9-10,13-14H2,1-3H3/t18?,20?,23-,25+/m0/s1. The highest BCUT2D eigenvalue weighted by Gasteiger charge is 2.41. The highest BCUT2D eigenvalue weighted by Crippen LogP contribution is 2.49. The SMILES string of the molecule is CCC1CCC([C@@H]2Cc3ccccc3[C@H]2Oc2cc(C)c(C#N)c(C)c2)C1. The Kier molecular flexibility index (Phi) is 4.96. The molecule has 2 aromatic carbocycles. The number of nitrogens with zero attached hydrogens (tertiary/aromatic N) is 1. The van der Waals surface area contributed by atoms with Gasteiger partial charge in [-0.05, 0) is 79.3 Å². The molecule has 2 aliphatic rings. The van der Waals surface area contributed by atoms with Gasteiger partial charge in [0.15, 0.2) is 0 Å². The van der Waals surface area contributed by atoms with E-state index >= 15 is 0 Å². The van der Waals surface area contributed by atoms with Crippen molar-refractivity contribution in [3.05, 3.63) is 64.2 Å². The van der Waals surface area contributed by atoms with Gasteiger partial charge in [0, 0.05) is 5.92 Å². The predicted octanol–water partition coefficient (Wildman–Crippen LogP) is 6.29. The molecule has 0 spiro atoms. The molecule has 2 aromatic rings. The fourth-order valence-electron chi connectivity index (χ4n) is 5.34. The lowest BCUT2D eigenvalue weighted by molar-refractivity contribution is 0.109. The summed E-state index contributed by atoms with van der Waals surface area (Å²) in [5.74, 6) is 3.11. The molecule has 27 heavy (non-hydrogen) atoms. The van der Waals surface area contributed by atoms with Gasteiger partial charge < -0.3 is 4.74 Å². The van der Waals surface area contributed by atoms with Gasteiger partial charge in [0.05, 0.1) is 11.6 Å². The molecule has 1 fully saturated rings. The first-order valence-corrected chi connectivity index (χ1v) is 10.4. The first kappa shape index (κ1) is 18.1. The van der Waals surface area contributed by atoms with Crippen LogP contribution >= 0.6 is 0 Å². The monoisotopic (exact) mass is 359 g/mol. The van der Waals surface area contributed by atoms with Gasteiger partial charge in [-0.25, -0.2) is 0 Å². The van der Waals surface area contributed by atoms with Crippen LogP contribution in [0.1, 0.15) is 66.5 Å². The highest BCUT2D eigenvalue weighted by molar-refractivity contribution is 5.48. The molecule has 2 heteroatoms. The third-order valence-corrected chi connectivity index (χ3v) is 6.85. The van der Waals surface area contributed by atoms with E-state index in [0.29, 0.717) is 5.92 Å². The molecule has 4 rings (SSSR count). The van der Waals surface area contributed by atoms with Crippen molar-refractivity contribution in [2.75, 3.05) is 0 Å². The lowest BCUT2D eigenvalue weighted by Gasteiger charge is -2.27. The molecular formula is C25H29NO. The van der Waals surface area contributed by atoms with Crippen LogP contribution < -0.4 is 4.74 Å². The maximum Gasteiger partial charge on any atom is 0.127 e. The van der Waals surface area contributed by atoms with Crippen molar-refractivity contribution in [3.63, 3.8) is 0 Å². The Balaban J connectivity index is 1.64. The summed E-state index contributed by atoms with van der Waals surface area (Å²) < 4.78 is 6.65. The number of aryl methyl sites for hydroxylation is 2. The normalized spacial score (nSPS) is 26.6. The molecule has 0 N–H and O–H groups in total. The lowest BCUT2D eigenvalue weighted by Crippen LogP contribution is -2.22. The molecule has 0 bridgehead atoms. The molecule has 0 saturated heterocycles. The minimum absolute atomic E-state index is 0.133. The zero-order valence-corrected chi connectivity index (χ0v) is 16.7. The Hall–Kier alpha value is -2.27. The highest BCUT2D eigenvalue weighted by atomic mass is 16.5. The summed E-state index contributed by atoms with van der Waals surface area (Å²) >= 11 is 0. The molecule has 1 saturated carbocycles. The Morgan fingerprint density at radius 3 is 2.52 bits per heavy atom. The van der Waals surface area contributed by atoms with E-state index in [-0.39, 0.29) is 6.10 Å². The molecule has 2 unspecified atom stereocenters. The van der Waals surface area contributed by atoms with E-state index in [4.69, 9.17) is 4.74 Å². The number of benzene rings is 2. The van der Waals surface area contributed by atoms with Crippen molar-refractivity contribution in [3.8, 4) is 11.8 Å². The third kappa shape index (κ3) is 3.36. The Morgan fingerprint density at radius 1 is 1.11 bits per heavy atom. The van der Waals surface area contributed by atoms with E-state index in [1.807, 2.05) is 26.0 Å². The van der Waals surface area contributed by atoms with Crippen LogP contribution in [0.4, 0.5) is 0 Å². The zero-order chi connectivity index (χ0) is 19.0. The van der Waals surface area contributed by atoms with Crippen LogP contribution in [0.25, 0.3) is 0 Å². The fraction of sp³-hybridized carbons (Fsp3) is 0.480. The maximum atomic E-state index is 9.35. The molecule has 0 heterocycles. The molecule has 2 aliphatic carbocycles. The molecule has 0 aliphatic heterocycles. The first-order valence-electron chi connectivity index (χ1n) is 10.4. The van der Waals surface area contributed by atoms with Crippen molar-refractivity contribution >= 4 is 0 Å². The van der Waals surface area contributed by atoms with Gasteiger partial charge in [-0.15, -0.1) is 0 Å². The van der Waals surface area contributed by atoms with Crippen LogP contribution in [0.2, 0.25) is 0 Å². The van der Waals surface area contributed by atoms with E-state index in [9.17, 15) is 5.26 Å². The summed E-state index contributed by atoms with van der Waals surface area (Å²) in [5, 5.41) is 9.35. The summed E-state index contributed by atoms with van der Waals surface area (Å²) in [7, 11) is 0. The number of fused-ring (bicyclic) bond motifs is 1. The van der Waals surface area contributed by atoms with E-state index in [0.717, 1.165) is 40.7 Å². The second-order valence-corrected chi connectivity index (χ2v) is 8.50. The average molecular weight is 360 g/mol. The van der Waals surface area contributed by atoms with Crippen molar-refractivity contribution in [2.45, 2.75) is 59.0 Å². The molecule has 0 amide bonds. The van der Waals surface area contributed by atoms with Gasteiger partial charge in [0.2, 0.25) is 0 Å². The van der Waals surface area contributed by atoms with Crippen molar-refractivity contribution < 1.29 is 4.74 Å². The van der Waals surface area contributed by atoms with Crippen molar-refractivity contribution in [1.29, 1.82) is 5.26 Å². The second-order valence-electron chi connectivity index (χ2n) is 8.50. The Morgan fingerprint density at radius 2 is 1.85 bits per heavy atom. The van der Waals surface area contributed by atoms with Crippen molar-refractivity contribution in [2.24, 2.45) is 17.8 Å². The number of ether oxygens (including phenoxy) is 1. The molecule has 0 radical (unpaired) electrons. The van der Waals surface area contributed by atoms with Crippen LogP contribution in [0.15, 0.2) is 36.4 Å². The maximum absolute atomic E-state index is 9.35. The fourth-order valence-corrected chi connectivity index (χ4v) is 5.34. The predicted molar refractivity (Wildman–Crippen MR) is 109 cm³/mol. The zero-order valence-electron chi connectivity index (χ0n) is 16.7. The van der Waals surface area contributed by atoms with Gasteiger partial charge >= 0.3 is 0 Å². The van der Waals surface area contributed by atoms with Crippen LogP contribution in [0, 0.1) is 42.9 Å². The number of nitriles is 1. The lowest BCUT2D eigenvalue weighted by atomic mass is 9.85. The molecule has 0 aromatic heterocycles. The smallest absolute Gasteiger partial charge is 0.127 e. The largest absolute Gasteiger partial charge is 0.485 e. The Labute approximate surface area is 163 Å². The summed E-state index contributed by atoms with van der Waals surface area (Å²) in [6.45, 7) is 6.33. The van der Waals surface area contributed by atoms with Gasteiger partial charge in [-0.3, -0.25) is 0 Å². The number of hydrogen-bond acceptors (Lipinski definition) is 2. The van der Waals surface area contributed by atoms with Crippen LogP contribution in [-0.2, 0) is 6.42 Å². The van der Waals surface area contributed by atoms with E-state index < -0.39 is 0 Å². The van der Waals surface area contributed by atoms with Gasteiger partial charge in [0.25, 0.3) is 0 Å². The summed E-state index contributed by atoms with van der Waals surface area (Å²) in [5.41, 5.74) is 5.59. The van der Waals surface area contributed by atoms with Crippen LogP contribution in [-0.4, -0.2) is 0 Å². The molecular weight excluding hydrogens is 330 g/mol. The van der Waals surface area contributed by atoms with Gasteiger partial charge in [-0.1, -0.05) is 44.0 Å². The summed E-state index contributed by atoms with van der Waals surface area (Å²) in [6.07, 6.45) is 6.62. The number of hydrogen-bond donors (Lipinski definition) is 0. The van der Waals surface area contributed by atoms with E-state index in [1.54, 1.807) is 0 Å². The first-order chi connectivity index (χ1) is 13.1. The quantitative estimate of drug-likeness (QED) is 0.642. The molecule has 2 nitrogen and oxygen atoms in total.